The Morgan fingerprint density at radius 2 is 1.87 bits per heavy atom. The van der Waals surface area contributed by atoms with Crippen molar-refractivity contribution in [2.24, 2.45) is 5.14 Å². The van der Waals surface area contributed by atoms with Crippen LogP contribution in [0.15, 0.2) is 53.6 Å². The molecule has 0 aliphatic heterocycles. The Kier molecular flexibility index (Phi) is 5.95. The van der Waals surface area contributed by atoms with Crippen LogP contribution in [0.5, 0.6) is 0 Å². The highest BCUT2D eigenvalue weighted by atomic mass is 32.2. The molecule has 1 aromatic heterocycles. The second kappa shape index (κ2) is 7.94. The van der Waals surface area contributed by atoms with Gasteiger partial charge in [0.2, 0.25) is 10.0 Å². The van der Waals surface area contributed by atoms with Gasteiger partial charge in [-0.2, -0.15) is 0 Å². The van der Waals surface area contributed by atoms with Gasteiger partial charge >= 0.3 is 0 Å². The lowest BCUT2D eigenvalue weighted by Gasteiger charge is -2.19. The maximum absolute atomic E-state index is 11.5. The Bertz CT molecular complexity index is 720. The average Bonchev–Trinajstić information content (AvgIpc) is 2.54. The van der Waals surface area contributed by atoms with Gasteiger partial charge in [0.25, 0.3) is 0 Å². The molecule has 0 amide bonds. The smallest absolute Gasteiger partial charge is 0.241 e. The van der Waals surface area contributed by atoms with Crippen LogP contribution < -0.4 is 15.4 Å². The predicted octanol–water partition coefficient (Wildman–Crippen LogP) is 2.06. The molecule has 1 aromatic carbocycles. The van der Waals surface area contributed by atoms with E-state index < -0.39 is 10.0 Å². The molecular formula is C16H22N4O2S. The van der Waals surface area contributed by atoms with Crippen molar-refractivity contribution in [3.63, 3.8) is 0 Å². The van der Waals surface area contributed by atoms with Gasteiger partial charge in [0, 0.05) is 32.0 Å². The number of rotatable bonds is 8. The quantitative estimate of drug-likeness (QED) is 0.721. The van der Waals surface area contributed by atoms with Gasteiger partial charge < -0.3 is 10.2 Å². The van der Waals surface area contributed by atoms with E-state index in [2.05, 4.69) is 34.4 Å². The Morgan fingerprint density at radius 1 is 1.13 bits per heavy atom. The monoisotopic (exact) mass is 334 g/mol. The third-order valence-corrected chi connectivity index (χ3v) is 4.43. The van der Waals surface area contributed by atoms with E-state index in [1.54, 1.807) is 12.3 Å². The van der Waals surface area contributed by atoms with Gasteiger partial charge in [0.15, 0.2) is 0 Å². The molecule has 3 N–H and O–H groups in total. The first-order valence-electron chi connectivity index (χ1n) is 7.46. The molecule has 7 heteroatoms. The van der Waals surface area contributed by atoms with Crippen LogP contribution in [0.1, 0.15) is 12.8 Å². The zero-order chi connectivity index (χ0) is 16.7. The van der Waals surface area contributed by atoms with Crippen LogP contribution in [0.4, 0.5) is 11.5 Å². The molecule has 23 heavy (non-hydrogen) atoms. The molecule has 0 radical (unpaired) electrons. The molecule has 0 saturated carbocycles. The Hall–Kier alpha value is -2.12. The molecule has 0 unspecified atom stereocenters. The summed E-state index contributed by atoms with van der Waals surface area (Å²) < 4.78 is 23.0. The van der Waals surface area contributed by atoms with Gasteiger partial charge in [0.05, 0.1) is 0 Å². The Morgan fingerprint density at radius 3 is 2.57 bits per heavy atom. The molecule has 1 heterocycles. The SMILES string of the molecule is CN(CCCCNc1ncccc1S(N)(=O)=O)c1ccccc1. The van der Waals surface area contributed by atoms with Crippen molar-refractivity contribution in [3.05, 3.63) is 48.7 Å². The van der Waals surface area contributed by atoms with Gasteiger partial charge in [0.1, 0.15) is 10.7 Å². The number of anilines is 2. The van der Waals surface area contributed by atoms with Gasteiger partial charge in [-0.25, -0.2) is 18.5 Å². The fraction of sp³-hybridized carbons (Fsp3) is 0.312. The van der Waals surface area contributed by atoms with Crippen molar-refractivity contribution >= 4 is 21.5 Å². The molecule has 0 bridgehead atoms. The molecule has 124 valence electrons. The second-order valence-electron chi connectivity index (χ2n) is 5.29. The lowest BCUT2D eigenvalue weighted by atomic mass is 10.2. The lowest BCUT2D eigenvalue weighted by Crippen LogP contribution is -2.19. The van der Waals surface area contributed by atoms with E-state index in [1.165, 1.54) is 11.8 Å². The standard InChI is InChI=1S/C16H22N4O2S/c1-20(14-8-3-2-4-9-14)13-6-5-11-18-16-15(23(17,21)22)10-7-12-19-16/h2-4,7-10,12H,5-6,11,13H2,1H3,(H,18,19)(H2,17,21,22). The third-order valence-electron chi connectivity index (χ3n) is 3.49. The minimum atomic E-state index is -3.76. The van der Waals surface area contributed by atoms with E-state index in [4.69, 9.17) is 5.14 Å². The van der Waals surface area contributed by atoms with Gasteiger partial charge in [-0.1, -0.05) is 18.2 Å². The van der Waals surface area contributed by atoms with E-state index in [0.29, 0.717) is 12.4 Å². The number of aromatic nitrogens is 1. The number of pyridine rings is 1. The number of hydrogen-bond acceptors (Lipinski definition) is 5. The predicted molar refractivity (Wildman–Crippen MR) is 93.0 cm³/mol. The number of nitrogens with zero attached hydrogens (tertiary/aromatic N) is 2. The van der Waals surface area contributed by atoms with E-state index in [0.717, 1.165) is 19.4 Å². The number of primary sulfonamides is 1. The topological polar surface area (TPSA) is 88.3 Å². The summed E-state index contributed by atoms with van der Waals surface area (Å²) in [5.74, 6) is 0.311. The van der Waals surface area contributed by atoms with Crippen molar-refractivity contribution in [1.82, 2.24) is 4.98 Å². The van der Waals surface area contributed by atoms with Crippen molar-refractivity contribution in [3.8, 4) is 0 Å². The van der Waals surface area contributed by atoms with E-state index in [-0.39, 0.29) is 4.90 Å². The third kappa shape index (κ3) is 5.22. The summed E-state index contributed by atoms with van der Waals surface area (Å²) in [5.41, 5.74) is 1.18. The second-order valence-corrected chi connectivity index (χ2v) is 6.82. The van der Waals surface area contributed by atoms with Crippen LogP contribution in [0, 0.1) is 0 Å². The molecule has 0 saturated heterocycles. The highest BCUT2D eigenvalue weighted by Crippen LogP contribution is 2.16. The summed E-state index contributed by atoms with van der Waals surface area (Å²) in [6.07, 6.45) is 3.42. The molecule has 0 aliphatic carbocycles. The number of unbranched alkanes of at least 4 members (excludes halogenated alkanes) is 1. The van der Waals surface area contributed by atoms with Crippen molar-refractivity contribution < 1.29 is 8.42 Å². The van der Waals surface area contributed by atoms with Crippen LogP contribution in [0.3, 0.4) is 0 Å². The normalized spacial score (nSPS) is 11.2. The Balaban J connectivity index is 1.78. The summed E-state index contributed by atoms with van der Waals surface area (Å²) in [7, 11) is -1.70. The van der Waals surface area contributed by atoms with Crippen LogP contribution >= 0.6 is 0 Å². The van der Waals surface area contributed by atoms with E-state index in [9.17, 15) is 8.42 Å². The molecule has 0 spiro atoms. The maximum atomic E-state index is 11.5. The van der Waals surface area contributed by atoms with Crippen LogP contribution in [0.2, 0.25) is 0 Å². The van der Waals surface area contributed by atoms with Crippen molar-refractivity contribution in [2.75, 3.05) is 30.4 Å². The minimum absolute atomic E-state index is 0.0291. The molecule has 0 fully saturated rings. The molecule has 2 rings (SSSR count). The zero-order valence-electron chi connectivity index (χ0n) is 13.1. The first-order chi connectivity index (χ1) is 11.0. The molecular weight excluding hydrogens is 312 g/mol. The number of para-hydroxylation sites is 1. The number of benzene rings is 1. The van der Waals surface area contributed by atoms with Crippen LogP contribution in [0.25, 0.3) is 0 Å². The fourth-order valence-electron chi connectivity index (χ4n) is 2.25. The average molecular weight is 334 g/mol. The molecule has 2 aromatic rings. The molecule has 0 aliphatic rings. The highest BCUT2D eigenvalue weighted by Gasteiger charge is 2.13. The zero-order valence-corrected chi connectivity index (χ0v) is 14.0. The van der Waals surface area contributed by atoms with Crippen LogP contribution in [-0.2, 0) is 10.0 Å². The summed E-state index contributed by atoms with van der Waals surface area (Å²) in [5, 5.41) is 8.22. The number of sulfonamides is 1. The summed E-state index contributed by atoms with van der Waals surface area (Å²) in [6, 6.07) is 13.2. The maximum Gasteiger partial charge on any atom is 0.241 e. The van der Waals surface area contributed by atoms with Gasteiger partial charge in [-0.05, 0) is 37.1 Å². The number of hydrogen-bond donors (Lipinski definition) is 2. The lowest BCUT2D eigenvalue weighted by molar-refractivity contribution is 0.597. The first kappa shape index (κ1) is 17.2. The number of nitrogens with one attached hydrogen (secondary N) is 1. The Labute approximate surface area is 137 Å². The first-order valence-corrected chi connectivity index (χ1v) is 9.01. The fourth-order valence-corrected chi connectivity index (χ4v) is 2.91. The number of nitrogens with two attached hydrogens (primary N) is 1. The molecule has 0 atom stereocenters. The minimum Gasteiger partial charge on any atom is -0.375 e. The molecule has 6 nitrogen and oxygen atoms in total. The van der Waals surface area contributed by atoms with Crippen molar-refractivity contribution in [2.45, 2.75) is 17.7 Å². The summed E-state index contributed by atoms with van der Waals surface area (Å²) >= 11 is 0. The van der Waals surface area contributed by atoms with Crippen LogP contribution in [-0.4, -0.2) is 33.5 Å². The summed E-state index contributed by atoms with van der Waals surface area (Å²) in [4.78, 5) is 6.26. The van der Waals surface area contributed by atoms with Gasteiger partial charge in [-0.3, -0.25) is 0 Å². The van der Waals surface area contributed by atoms with Gasteiger partial charge in [-0.15, -0.1) is 0 Å². The van der Waals surface area contributed by atoms with E-state index in [1.807, 2.05) is 18.2 Å². The highest BCUT2D eigenvalue weighted by molar-refractivity contribution is 7.89. The largest absolute Gasteiger partial charge is 0.375 e. The van der Waals surface area contributed by atoms with Crippen molar-refractivity contribution in [1.29, 1.82) is 0 Å². The summed E-state index contributed by atoms with van der Waals surface area (Å²) in [6.45, 7) is 1.57. The van der Waals surface area contributed by atoms with E-state index >= 15 is 0 Å².